The average molecular weight is 215 g/mol. The summed E-state index contributed by atoms with van der Waals surface area (Å²) in [6.07, 6.45) is 0. The van der Waals surface area contributed by atoms with Gasteiger partial charge < -0.3 is 5.11 Å². The third kappa shape index (κ3) is 3.22. The Morgan fingerprint density at radius 1 is 1.36 bits per heavy atom. The molecule has 0 amide bonds. The molecule has 0 aliphatic carbocycles. The second kappa shape index (κ2) is 5.44. The van der Waals surface area contributed by atoms with E-state index in [1.54, 1.807) is 18.2 Å². The molecule has 0 bridgehead atoms. The highest BCUT2D eigenvalue weighted by Crippen LogP contribution is 2.24. The molecule has 1 rings (SSSR count). The number of carbonyl (C=O) groups excluding carboxylic acids is 1. The van der Waals surface area contributed by atoms with Gasteiger partial charge in [0.2, 0.25) is 6.79 Å². The summed E-state index contributed by atoms with van der Waals surface area (Å²) in [7, 11) is -2.59. The van der Waals surface area contributed by atoms with Crippen molar-refractivity contribution in [2.75, 3.05) is 6.79 Å². The Morgan fingerprint density at radius 3 is 2.57 bits per heavy atom. The van der Waals surface area contributed by atoms with Gasteiger partial charge >= 0.3 is 14.2 Å². The molecule has 0 saturated heterocycles. The van der Waals surface area contributed by atoms with Gasteiger partial charge in [0.05, 0.1) is 5.56 Å². The highest BCUT2D eigenvalue weighted by atomic mass is 31.1. The molecule has 0 spiro atoms. The summed E-state index contributed by atoms with van der Waals surface area (Å²) >= 11 is 0. The molecular formula is C8H8O5P+. The average Bonchev–Trinajstić information content (AvgIpc) is 2.19. The monoisotopic (exact) mass is 215 g/mol. The molecule has 1 atom stereocenters. The fourth-order valence-electron chi connectivity index (χ4n) is 0.768. The predicted molar refractivity (Wildman–Crippen MR) is 47.6 cm³/mol. The van der Waals surface area contributed by atoms with Crippen LogP contribution in [-0.4, -0.2) is 17.9 Å². The van der Waals surface area contributed by atoms with Gasteiger partial charge in [-0.2, -0.15) is 4.52 Å². The Morgan fingerprint density at radius 2 is 2.00 bits per heavy atom. The first-order chi connectivity index (χ1) is 6.74. The lowest BCUT2D eigenvalue weighted by Crippen LogP contribution is -2.00. The van der Waals surface area contributed by atoms with Crippen LogP contribution in [0.15, 0.2) is 30.3 Å². The van der Waals surface area contributed by atoms with E-state index in [2.05, 4.69) is 9.05 Å². The molecule has 0 aliphatic heterocycles. The summed E-state index contributed by atoms with van der Waals surface area (Å²) < 4.78 is 19.3. The molecular weight excluding hydrogens is 207 g/mol. The van der Waals surface area contributed by atoms with Gasteiger partial charge in [-0.15, -0.1) is 0 Å². The second-order valence-corrected chi connectivity index (χ2v) is 3.11. The molecule has 74 valence electrons. The van der Waals surface area contributed by atoms with Gasteiger partial charge in [0.15, 0.2) is 0 Å². The summed E-state index contributed by atoms with van der Waals surface area (Å²) in [5.74, 6) is -0.750. The first kappa shape index (κ1) is 10.8. The van der Waals surface area contributed by atoms with Crippen molar-refractivity contribution >= 4 is 14.2 Å². The number of aliphatic hydroxyl groups is 1. The summed E-state index contributed by atoms with van der Waals surface area (Å²) in [5.41, 5.74) is 0.275. The maximum absolute atomic E-state index is 11.2. The maximum atomic E-state index is 11.2. The largest absolute Gasteiger partial charge is 0.755 e. The zero-order valence-corrected chi connectivity index (χ0v) is 8.02. The predicted octanol–water partition coefficient (Wildman–Crippen LogP) is 1.47. The first-order valence-electron chi connectivity index (χ1n) is 3.72. The Balaban J connectivity index is 2.55. The van der Waals surface area contributed by atoms with Crippen molar-refractivity contribution in [3.63, 3.8) is 0 Å². The quantitative estimate of drug-likeness (QED) is 0.608. The zero-order valence-electron chi connectivity index (χ0n) is 7.12. The normalized spacial score (nSPS) is 10.8. The lowest BCUT2D eigenvalue weighted by atomic mass is 10.2. The number of rotatable bonds is 4. The molecule has 0 aromatic heterocycles. The Bertz CT molecular complexity index is 324. The van der Waals surface area contributed by atoms with Gasteiger partial charge in [-0.25, -0.2) is 4.79 Å². The molecule has 6 heteroatoms. The van der Waals surface area contributed by atoms with E-state index in [9.17, 15) is 9.36 Å². The number of benzene rings is 1. The van der Waals surface area contributed by atoms with Crippen LogP contribution in [0.3, 0.4) is 0 Å². The molecule has 0 fully saturated rings. The van der Waals surface area contributed by atoms with Crippen LogP contribution in [0.1, 0.15) is 10.4 Å². The minimum absolute atomic E-state index is 0.275. The van der Waals surface area contributed by atoms with E-state index in [0.29, 0.717) is 0 Å². The van der Waals surface area contributed by atoms with E-state index in [-0.39, 0.29) is 5.56 Å². The molecule has 14 heavy (non-hydrogen) atoms. The van der Waals surface area contributed by atoms with E-state index >= 15 is 0 Å². The van der Waals surface area contributed by atoms with Crippen molar-refractivity contribution in [1.82, 2.24) is 0 Å². The number of carbonyl (C=O) groups is 1. The Labute approximate surface area is 81.2 Å². The summed E-state index contributed by atoms with van der Waals surface area (Å²) in [5, 5.41) is 8.22. The summed E-state index contributed by atoms with van der Waals surface area (Å²) in [4.78, 5) is 11.2. The van der Waals surface area contributed by atoms with E-state index in [1.807, 2.05) is 0 Å². The number of hydrogen-bond donors (Lipinski definition) is 1. The van der Waals surface area contributed by atoms with E-state index in [0.717, 1.165) is 0 Å². The summed E-state index contributed by atoms with van der Waals surface area (Å²) in [6, 6.07) is 8.07. The minimum Gasteiger partial charge on any atom is -0.367 e. The highest BCUT2D eigenvalue weighted by Gasteiger charge is 2.26. The van der Waals surface area contributed by atoms with Crippen molar-refractivity contribution in [3.05, 3.63) is 35.9 Å². The van der Waals surface area contributed by atoms with Crippen molar-refractivity contribution in [2.24, 2.45) is 0 Å². The van der Waals surface area contributed by atoms with E-state index < -0.39 is 21.0 Å². The van der Waals surface area contributed by atoms with Crippen LogP contribution in [0.25, 0.3) is 0 Å². The van der Waals surface area contributed by atoms with Gasteiger partial charge in [0, 0.05) is 4.57 Å². The van der Waals surface area contributed by atoms with Crippen LogP contribution in [0.2, 0.25) is 0 Å². The Kier molecular flexibility index (Phi) is 4.19. The molecule has 1 N–H and O–H groups in total. The third-order valence-corrected chi connectivity index (χ3v) is 1.97. The van der Waals surface area contributed by atoms with Crippen LogP contribution >= 0.6 is 8.25 Å². The van der Waals surface area contributed by atoms with Crippen molar-refractivity contribution < 1.29 is 23.5 Å². The van der Waals surface area contributed by atoms with E-state index in [4.69, 9.17) is 5.11 Å². The van der Waals surface area contributed by atoms with Crippen LogP contribution in [0, 0.1) is 0 Å². The van der Waals surface area contributed by atoms with Crippen molar-refractivity contribution in [1.29, 1.82) is 0 Å². The van der Waals surface area contributed by atoms with Gasteiger partial charge in [-0.05, 0) is 12.1 Å². The molecule has 5 nitrogen and oxygen atoms in total. The maximum Gasteiger partial charge on any atom is 0.755 e. The standard InChI is InChI=1S/C8H8O5P/c9-6-12-14(11)13-8(10)7-4-2-1-3-5-7/h1-5,9H,6H2/q+1. The van der Waals surface area contributed by atoms with Crippen LogP contribution in [-0.2, 0) is 13.6 Å². The van der Waals surface area contributed by atoms with Crippen molar-refractivity contribution in [2.45, 2.75) is 0 Å². The van der Waals surface area contributed by atoms with Crippen LogP contribution in [0.4, 0.5) is 0 Å². The van der Waals surface area contributed by atoms with Gasteiger partial charge in [0.1, 0.15) is 0 Å². The van der Waals surface area contributed by atoms with Crippen molar-refractivity contribution in [3.8, 4) is 0 Å². The van der Waals surface area contributed by atoms with Gasteiger partial charge in [-0.3, -0.25) is 0 Å². The van der Waals surface area contributed by atoms with Gasteiger partial charge in [-0.1, -0.05) is 22.7 Å². The highest BCUT2D eigenvalue weighted by molar-refractivity contribution is 7.34. The summed E-state index contributed by atoms with van der Waals surface area (Å²) in [6.45, 7) is -0.753. The number of aliphatic hydroxyl groups excluding tert-OH is 1. The fourth-order valence-corrected chi connectivity index (χ4v) is 1.16. The number of hydrogen-bond acceptors (Lipinski definition) is 5. The molecule has 1 aromatic rings. The first-order valence-corrected chi connectivity index (χ1v) is 4.82. The second-order valence-electron chi connectivity index (χ2n) is 2.23. The lowest BCUT2D eigenvalue weighted by Gasteiger charge is -1.91. The SMILES string of the molecule is O=C(O[P+](=O)OCO)c1ccccc1. The fraction of sp³-hybridized carbons (Fsp3) is 0.125. The molecule has 1 unspecified atom stereocenters. The Hall–Kier alpha value is -1.29. The van der Waals surface area contributed by atoms with Gasteiger partial charge in [0.25, 0.3) is 0 Å². The van der Waals surface area contributed by atoms with Crippen LogP contribution in [0.5, 0.6) is 0 Å². The molecule has 0 aliphatic rings. The third-order valence-electron chi connectivity index (χ3n) is 1.33. The topological polar surface area (TPSA) is 72.8 Å². The smallest absolute Gasteiger partial charge is 0.367 e. The molecule has 0 radical (unpaired) electrons. The van der Waals surface area contributed by atoms with Crippen LogP contribution < -0.4 is 0 Å². The lowest BCUT2D eigenvalue weighted by molar-refractivity contribution is 0.0618. The molecule has 0 saturated carbocycles. The van der Waals surface area contributed by atoms with E-state index in [1.165, 1.54) is 12.1 Å². The minimum atomic E-state index is -2.59. The molecule has 0 heterocycles. The zero-order chi connectivity index (χ0) is 10.4. The molecule has 1 aromatic carbocycles.